The number of anilines is 1. The fraction of sp³-hybridized carbons (Fsp3) is 0.407. The van der Waals surface area contributed by atoms with Crippen LogP contribution in [-0.2, 0) is 6.61 Å². The molecule has 3 aromatic heterocycles. The number of pyridine rings is 2. The molecule has 1 fully saturated rings. The van der Waals surface area contributed by atoms with Crippen LogP contribution in [0, 0.1) is 11.3 Å². The number of carbonyl (C=O) groups is 1. The van der Waals surface area contributed by atoms with E-state index in [0.29, 0.717) is 11.5 Å². The van der Waals surface area contributed by atoms with Gasteiger partial charge in [0.15, 0.2) is 11.5 Å². The van der Waals surface area contributed by atoms with Crippen molar-refractivity contribution >= 4 is 28.3 Å². The summed E-state index contributed by atoms with van der Waals surface area (Å²) in [6, 6.07) is 13.8. The van der Waals surface area contributed by atoms with Gasteiger partial charge in [0.1, 0.15) is 5.69 Å². The van der Waals surface area contributed by atoms with Crippen LogP contribution in [0.1, 0.15) is 39.2 Å². The lowest BCUT2D eigenvalue weighted by Crippen LogP contribution is -2.51. The lowest BCUT2D eigenvalue weighted by molar-refractivity contribution is 0.142. The molecular formula is C27H32N6O3. The molecule has 1 aliphatic rings. The molecule has 1 aliphatic heterocycles. The predicted molar refractivity (Wildman–Crippen MR) is 139 cm³/mol. The van der Waals surface area contributed by atoms with E-state index in [1.54, 1.807) is 0 Å². The number of aliphatic hydroxyl groups excluding tert-OH is 1. The van der Waals surface area contributed by atoms with Crippen LogP contribution in [0.15, 0.2) is 48.7 Å². The lowest BCUT2D eigenvalue weighted by atomic mass is 9.75. The lowest BCUT2D eigenvalue weighted by Gasteiger charge is -2.42. The van der Waals surface area contributed by atoms with Crippen LogP contribution in [0.5, 0.6) is 0 Å². The standard InChI is InChI=1S/C27H32N6O3/c1-27(2,3)24(29-26(35)36)19-10-12-32(13-11-19)21-6-4-5-18-7-8-20(28-23(18)21)25-31-30-22-15-17(16-34)9-14-33(22)25/h4-9,14-15,19,24,29,34H,10-13,16H2,1-3H3,(H,35,36). The summed E-state index contributed by atoms with van der Waals surface area (Å²) < 4.78 is 1.88. The Morgan fingerprint density at radius 3 is 2.61 bits per heavy atom. The molecule has 188 valence electrons. The van der Waals surface area contributed by atoms with Crippen molar-refractivity contribution in [3.05, 3.63) is 54.2 Å². The molecule has 0 spiro atoms. The first kappa shape index (κ1) is 24.0. The number of para-hydroxylation sites is 1. The van der Waals surface area contributed by atoms with Crippen LogP contribution >= 0.6 is 0 Å². The molecule has 4 heterocycles. The molecule has 0 radical (unpaired) electrons. The van der Waals surface area contributed by atoms with Crippen LogP contribution in [0.2, 0.25) is 0 Å². The van der Waals surface area contributed by atoms with E-state index in [0.717, 1.165) is 53.8 Å². The Balaban J connectivity index is 1.43. The second-order valence-corrected chi connectivity index (χ2v) is 10.6. The van der Waals surface area contributed by atoms with E-state index in [-0.39, 0.29) is 24.0 Å². The molecule has 9 nitrogen and oxygen atoms in total. The number of benzene rings is 1. The third-order valence-electron chi connectivity index (χ3n) is 7.15. The number of nitrogens with zero attached hydrogens (tertiary/aromatic N) is 5. The van der Waals surface area contributed by atoms with Gasteiger partial charge >= 0.3 is 6.09 Å². The zero-order chi connectivity index (χ0) is 25.4. The normalized spacial score (nSPS) is 15.9. The van der Waals surface area contributed by atoms with Crippen LogP contribution in [0.25, 0.3) is 28.1 Å². The SMILES string of the molecule is CC(C)(C)C(NC(=O)O)C1CCN(c2cccc3ccc(-c4nnc5cc(CO)ccn45)nc23)CC1. The summed E-state index contributed by atoms with van der Waals surface area (Å²) in [5, 5.41) is 31.2. The minimum Gasteiger partial charge on any atom is -0.465 e. The number of carboxylic acid groups (broad SMARTS) is 1. The highest BCUT2D eigenvalue weighted by atomic mass is 16.4. The maximum absolute atomic E-state index is 11.4. The zero-order valence-electron chi connectivity index (χ0n) is 20.8. The van der Waals surface area contributed by atoms with Crippen molar-refractivity contribution in [3.8, 4) is 11.5 Å². The first-order valence-corrected chi connectivity index (χ1v) is 12.3. The number of aromatic nitrogens is 4. The first-order valence-electron chi connectivity index (χ1n) is 12.3. The number of nitrogens with one attached hydrogen (secondary N) is 1. The fourth-order valence-corrected chi connectivity index (χ4v) is 5.37. The van der Waals surface area contributed by atoms with Crippen molar-refractivity contribution in [2.45, 2.75) is 46.3 Å². The Hall–Kier alpha value is -3.72. The van der Waals surface area contributed by atoms with Crippen LogP contribution in [0.3, 0.4) is 0 Å². The predicted octanol–water partition coefficient (Wildman–Crippen LogP) is 4.34. The number of fused-ring (bicyclic) bond motifs is 2. The minimum absolute atomic E-state index is 0.0458. The average Bonchev–Trinajstić information content (AvgIpc) is 3.29. The third-order valence-corrected chi connectivity index (χ3v) is 7.15. The largest absolute Gasteiger partial charge is 0.465 e. The molecule has 3 N–H and O–H groups in total. The van der Waals surface area contributed by atoms with Gasteiger partial charge in [-0.1, -0.05) is 39.0 Å². The number of hydrogen-bond donors (Lipinski definition) is 3. The van der Waals surface area contributed by atoms with E-state index in [4.69, 9.17) is 4.98 Å². The van der Waals surface area contributed by atoms with E-state index in [1.165, 1.54) is 0 Å². The Bertz CT molecular complexity index is 1400. The van der Waals surface area contributed by atoms with E-state index in [9.17, 15) is 15.0 Å². The summed E-state index contributed by atoms with van der Waals surface area (Å²) in [4.78, 5) is 18.8. The summed E-state index contributed by atoms with van der Waals surface area (Å²) in [6.45, 7) is 7.90. The summed E-state index contributed by atoms with van der Waals surface area (Å²) in [5.41, 5.74) is 4.01. The molecule has 0 saturated carbocycles. The Morgan fingerprint density at radius 1 is 1.14 bits per heavy atom. The molecule has 1 aromatic carbocycles. The molecule has 0 bridgehead atoms. The van der Waals surface area contributed by atoms with Crippen molar-refractivity contribution in [2.75, 3.05) is 18.0 Å². The van der Waals surface area contributed by atoms with Crippen molar-refractivity contribution in [3.63, 3.8) is 0 Å². The van der Waals surface area contributed by atoms with E-state index in [1.807, 2.05) is 28.8 Å². The van der Waals surface area contributed by atoms with E-state index >= 15 is 0 Å². The highest BCUT2D eigenvalue weighted by Gasteiger charge is 2.35. The topological polar surface area (TPSA) is 116 Å². The molecule has 36 heavy (non-hydrogen) atoms. The highest BCUT2D eigenvalue weighted by molar-refractivity contribution is 5.92. The Morgan fingerprint density at radius 2 is 1.92 bits per heavy atom. The number of amides is 1. The summed E-state index contributed by atoms with van der Waals surface area (Å²) in [6.07, 6.45) is 2.70. The van der Waals surface area contributed by atoms with Crippen LogP contribution < -0.4 is 10.2 Å². The Kier molecular flexibility index (Phi) is 6.26. The second-order valence-electron chi connectivity index (χ2n) is 10.6. The molecule has 1 saturated heterocycles. The molecule has 9 heteroatoms. The van der Waals surface area contributed by atoms with Gasteiger partial charge < -0.3 is 20.4 Å². The van der Waals surface area contributed by atoms with Gasteiger partial charge in [-0.25, -0.2) is 9.78 Å². The van der Waals surface area contributed by atoms with Gasteiger partial charge in [0.05, 0.1) is 17.8 Å². The Labute approximate surface area is 209 Å². The number of hydrogen-bond acceptors (Lipinski definition) is 6. The van der Waals surface area contributed by atoms with E-state index in [2.05, 4.69) is 65.5 Å². The first-order chi connectivity index (χ1) is 17.2. The summed E-state index contributed by atoms with van der Waals surface area (Å²) in [5.74, 6) is 0.930. The molecule has 0 aliphatic carbocycles. The average molecular weight is 489 g/mol. The second kappa shape index (κ2) is 9.39. The van der Waals surface area contributed by atoms with Gasteiger partial charge in [0.2, 0.25) is 0 Å². The third kappa shape index (κ3) is 4.58. The smallest absolute Gasteiger partial charge is 0.404 e. The molecule has 1 atom stereocenters. The maximum Gasteiger partial charge on any atom is 0.404 e. The molecular weight excluding hydrogens is 456 g/mol. The number of piperidine rings is 1. The van der Waals surface area contributed by atoms with Gasteiger partial charge in [0.25, 0.3) is 0 Å². The monoisotopic (exact) mass is 488 g/mol. The zero-order valence-corrected chi connectivity index (χ0v) is 20.8. The summed E-state index contributed by atoms with van der Waals surface area (Å²) in [7, 11) is 0. The van der Waals surface area contributed by atoms with Gasteiger partial charge in [-0.3, -0.25) is 4.40 Å². The summed E-state index contributed by atoms with van der Waals surface area (Å²) >= 11 is 0. The van der Waals surface area contributed by atoms with Crippen LogP contribution in [-0.4, -0.2) is 55.0 Å². The highest BCUT2D eigenvalue weighted by Crippen LogP contribution is 2.35. The van der Waals surface area contributed by atoms with E-state index < -0.39 is 6.09 Å². The molecule has 4 aromatic rings. The van der Waals surface area contributed by atoms with Gasteiger partial charge in [-0.05, 0) is 54.0 Å². The fourth-order valence-electron chi connectivity index (χ4n) is 5.37. The van der Waals surface area contributed by atoms with Crippen molar-refractivity contribution in [2.24, 2.45) is 11.3 Å². The number of rotatable bonds is 5. The molecule has 1 unspecified atom stereocenters. The molecule has 1 amide bonds. The van der Waals surface area contributed by atoms with Crippen LogP contribution in [0.4, 0.5) is 10.5 Å². The van der Waals surface area contributed by atoms with Crippen molar-refractivity contribution in [1.82, 2.24) is 24.9 Å². The van der Waals surface area contributed by atoms with Gasteiger partial charge in [0, 0.05) is 30.7 Å². The minimum atomic E-state index is -0.961. The number of aliphatic hydroxyl groups is 1. The van der Waals surface area contributed by atoms with Crippen molar-refractivity contribution < 1.29 is 15.0 Å². The maximum atomic E-state index is 11.4. The van der Waals surface area contributed by atoms with Crippen molar-refractivity contribution in [1.29, 1.82) is 0 Å². The molecule has 5 rings (SSSR count). The quantitative estimate of drug-likeness (QED) is 0.383. The van der Waals surface area contributed by atoms with Gasteiger partial charge in [-0.15, -0.1) is 10.2 Å². The van der Waals surface area contributed by atoms with Gasteiger partial charge in [-0.2, -0.15) is 0 Å².